The molecule has 3 aromatic carbocycles. The SMILES string of the molecule is CNC(=O)C(Cc1ccccc1)N(Cc1ccccc1C)C(=O)CN(c1ccc(Cl)cc1)S(C)(=O)=O. The molecule has 1 atom stereocenters. The summed E-state index contributed by atoms with van der Waals surface area (Å²) in [5.41, 5.74) is 3.02. The Morgan fingerprint density at radius 3 is 2.14 bits per heavy atom. The fraction of sp³-hybridized carbons (Fsp3) is 0.259. The van der Waals surface area contributed by atoms with Crippen LogP contribution >= 0.6 is 11.6 Å². The van der Waals surface area contributed by atoms with Crippen LogP contribution in [0.2, 0.25) is 5.02 Å². The molecule has 0 bridgehead atoms. The van der Waals surface area contributed by atoms with Crippen molar-refractivity contribution in [1.82, 2.24) is 10.2 Å². The quantitative estimate of drug-likeness (QED) is 0.434. The van der Waals surface area contributed by atoms with Crippen LogP contribution in [0.5, 0.6) is 0 Å². The van der Waals surface area contributed by atoms with E-state index in [-0.39, 0.29) is 18.9 Å². The summed E-state index contributed by atoms with van der Waals surface area (Å²) in [5, 5.41) is 3.11. The molecule has 7 nitrogen and oxygen atoms in total. The highest BCUT2D eigenvalue weighted by atomic mass is 35.5. The molecule has 9 heteroatoms. The molecule has 0 heterocycles. The Labute approximate surface area is 217 Å². The van der Waals surface area contributed by atoms with E-state index in [9.17, 15) is 18.0 Å². The normalized spacial score (nSPS) is 12.0. The third kappa shape index (κ3) is 7.08. The average Bonchev–Trinajstić information content (AvgIpc) is 2.85. The largest absolute Gasteiger partial charge is 0.357 e. The lowest BCUT2D eigenvalue weighted by Gasteiger charge is -2.33. The number of hydrogen-bond donors (Lipinski definition) is 1. The summed E-state index contributed by atoms with van der Waals surface area (Å²) in [6, 6.07) is 22.4. The van der Waals surface area contributed by atoms with Gasteiger partial charge in [0.05, 0.1) is 11.9 Å². The molecular formula is C27H30ClN3O4S. The summed E-state index contributed by atoms with van der Waals surface area (Å²) in [6.45, 7) is 1.61. The number of aryl methyl sites for hydroxylation is 1. The van der Waals surface area contributed by atoms with Gasteiger partial charge in [0, 0.05) is 25.0 Å². The Morgan fingerprint density at radius 2 is 1.56 bits per heavy atom. The van der Waals surface area contributed by atoms with Gasteiger partial charge < -0.3 is 10.2 Å². The van der Waals surface area contributed by atoms with Gasteiger partial charge in [-0.2, -0.15) is 0 Å². The van der Waals surface area contributed by atoms with Gasteiger partial charge in [-0.25, -0.2) is 8.42 Å². The number of carbonyl (C=O) groups is 2. The van der Waals surface area contributed by atoms with Gasteiger partial charge >= 0.3 is 0 Å². The topological polar surface area (TPSA) is 86.8 Å². The number of sulfonamides is 1. The number of anilines is 1. The van der Waals surface area contributed by atoms with E-state index in [0.717, 1.165) is 27.3 Å². The van der Waals surface area contributed by atoms with Gasteiger partial charge in [0.2, 0.25) is 21.8 Å². The Hall–Kier alpha value is -3.36. The van der Waals surface area contributed by atoms with Crippen molar-refractivity contribution in [1.29, 1.82) is 0 Å². The van der Waals surface area contributed by atoms with E-state index in [2.05, 4.69) is 5.32 Å². The molecule has 1 unspecified atom stereocenters. The first-order chi connectivity index (χ1) is 17.1. The zero-order valence-corrected chi connectivity index (χ0v) is 22.1. The van der Waals surface area contributed by atoms with Crippen molar-refractivity contribution in [3.05, 3.63) is 101 Å². The zero-order chi connectivity index (χ0) is 26.3. The number of nitrogens with zero attached hydrogens (tertiary/aromatic N) is 2. The number of halogens is 1. The number of carbonyl (C=O) groups excluding carboxylic acids is 2. The summed E-state index contributed by atoms with van der Waals surface area (Å²) in [5.74, 6) is -0.832. The molecule has 1 N–H and O–H groups in total. The molecule has 0 fully saturated rings. The van der Waals surface area contributed by atoms with Crippen molar-refractivity contribution in [3.8, 4) is 0 Å². The number of benzene rings is 3. The van der Waals surface area contributed by atoms with Crippen LogP contribution in [0.1, 0.15) is 16.7 Å². The second kappa shape index (κ2) is 12.1. The van der Waals surface area contributed by atoms with Gasteiger partial charge in [0.25, 0.3) is 0 Å². The first-order valence-electron chi connectivity index (χ1n) is 11.4. The van der Waals surface area contributed by atoms with Gasteiger partial charge in [-0.05, 0) is 47.9 Å². The molecule has 0 aromatic heterocycles. The van der Waals surface area contributed by atoms with Crippen molar-refractivity contribution in [2.75, 3.05) is 24.2 Å². The van der Waals surface area contributed by atoms with Crippen LogP contribution in [0.15, 0.2) is 78.9 Å². The molecule has 3 aromatic rings. The number of likely N-dealkylation sites (N-methyl/N-ethyl adjacent to an activating group) is 1. The standard InChI is InChI=1S/C27H30ClN3O4S/c1-20-9-7-8-12-22(20)18-30(25(27(33)29-2)17-21-10-5-4-6-11-21)26(32)19-31(36(3,34)35)24-15-13-23(28)14-16-24/h4-16,25H,17-19H2,1-3H3,(H,29,33). The lowest BCUT2D eigenvalue weighted by Crippen LogP contribution is -2.53. The molecule has 0 radical (unpaired) electrons. The number of rotatable bonds is 10. The predicted molar refractivity (Wildman–Crippen MR) is 143 cm³/mol. The van der Waals surface area contributed by atoms with Gasteiger partial charge in [-0.1, -0.05) is 66.2 Å². The van der Waals surface area contributed by atoms with Crippen molar-refractivity contribution in [3.63, 3.8) is 0 Å². The molecule has 36 heavy (non-hydrogen) atoms. The fourth-order valence-corrected chi connectivity index (χ4v) is 4.89. The van der Waals surface area contributed by atoms with Crippen molar-refractivity contribution >= 4 is 39.1 Å². The molecular weight excluding hydrogens is 498 g/mol. The van der Waals surface area contributed by atoms with E-state index in [1.54, 1.807) is 24.3 Å². The average molecular weight is 528 g/mol. The van der Waals surface area contributed by atoms with E-state index in [1.807, 2.05) is 61.5 Å². The maximum Gasteiger partial charge on any atom is 0.244 e. The van der Waals surface area contributed by atoms with E-state index < -0.39 is 28.5 Å². The van der Waals surface area contributed by atoms with Crippen molar-refractivity contribution < 1.29 is 18.0 Å². The third-order valence-electron chi connectivity index (χ3n) is 5.91. The van der Waals surface area contributed by atoms with Gasteiger partial charge in [0.1, 0.15) is 12.6 Å². The van der Waals surface area contributed by atoms with Crippen LogP contribution in [0.3, 0.4) is 0 Å². The monoisotopic (exact) mass is 527 g/mol. The Morgan fingerprint density at radius 1 is 0.944 bits per heavy atom. The van der Waals surface area contributed by atoms with E-state index in [1.165, 1.54) is 11.9 Å². The molecule has 0 saturated heterocycles. The zero-order valence-electron chi connectivity index (χ0n) is 20.5. The van der Waals surface area contributed by atoms with Crippen molar-refractivity contribution in [2.45, 2.75) is 25.9 Å². The van der Waals surface area contributed by atoms with Crippen LogP contribution in [0, 0.1) is 6.92 Å². The first kappa shape index (κ1) is 27.2. The minimum Gasteiger partial charge on any atom is -0.357 e. The van der Waals surface area contributed by atoms with Crippen LogP contribution in [0.4, 0.5) is 5.69 Å². The lowest BCUT2D eigenvalue weighted by atomic mass is 10.0. The van der Waals surface area contributed by atoms with Gasteiger partial charge in [-0.3, -0.25) is 13.9 Å². The van der Waals surface area contributed by atoms with E-state index >= 15 is 0 Å². The van der Waals surface area contributed by atoms with Crippen LogP contribution < -0.4 is 9.62 Å². The molecule has 0 aliphatic carbocycles. The van der Waals surface area contributed by atoms with Crippen molar-refractivity contribution in [2.24, 2.45) is 0 Å². The van der Waals surface area contributed by atoms with E-state index in [4.69, 9.17) is 11.6 Å². The Bertz CT molecular complexity index is 1300. The number of amides is 2. The summed E-state index contributed by atoms with van der Waals surface area (Å²) >= 11 is 5.97. The minimum atomic E-state index is -3.81. The fourth-order valence-electron chi connectivity index (χ4n) is 3.91. The third-order valence-corrected chi connectivity index (χ3v) is 7.31. The van der Waals surface area contributed by atoms with Crippen LogP contribution in [0.25, 0.3) is 0 Å². The molecule has 190 valence electrons. The van der Waals surface area contributed by atoms with Crippen LogP contribution in [-0.4, -0.2) is 51.0 Å². The maximum absolute atomic E-state index is 13.8. The molecule has 0 aliphatic rings. The van der Waals surface area contributed by atoms with Crippen LogP contribution in [-0.2, 0) is 32.6 Å². The highest BCUT2D eigenvalue weighted by Crippen LogP contribution is 2.22. The van der Waals surface area contributed by atoms with Gasteiger partial charge in [-0.15, -0.1) is 0 Å². The van der Waals surface area contributed by atoms with E-state index in [0.29, 0.717) is 10.7 Å². The lowest BCUT2D eigenvalue weighted by molar-refractivity contribution is -0.139. The Balaban J connectivity index is 2.03. The molecule has 0 saturated carbocycles. The second-order valence-electron chi connectivity index (χ2n) is 8.51. The first-order valence-corrected chi connectivity index (χ1v) is 13.7. The Kier molecular flexibility index (Phi) is 9.12. The summed E-state index contributed by atoms with van der Waals surface area (Å²) in [6.07, 6.45) is 1.32. The highest BCUT2D eigenvalue weighted by molar-refractivity contribution is 7.92. The molecule has 2 amide bonds. The predicted octanol–water partition coefficient (Wildman–Crippen LogP) is 3.80. The maximum atomic E-state index is 13.8. The summed E-state index contributed by atoms with van der Waals surface area (Å²) < 4.78 is 26.4. The second-order valence-corrected chi connectivity index (χ2v) is 10.9. The molecule has 0 aliphatic heterocycles. The number of hydrogen-bond acceptors (Lipinski definition) is 4. The van der Waals surface area contributed by atoms with Gasteiger partial charge in [0.15, 0.2) is 0 Å². The number of nitrogens with one attached hydrogen (secondary N) is 1. The minimum absolute atomic E-state index is 0.147. The smallest absolute Gasteiger partial charge is 0.244 e. The summed E-state index contributed by atoms with van der Waals surface area (Å²) in [7, 11) is -2.29. The molecule has 3 rings (SSSR count). The summed E-state index contributed by atoms with van der Waals surface area (Å²) in [4.78, 5) is 28.4. The highest BCUT2D eigenvalue weighted by Gasteiger charge is 2.32. The molecule has 0 spiro atoms.